The van der Waals surface area contributed by atoms with Crippen LogP contribution in [-0.4, -0.2) is 23.8 Å². The summed E-state index contributed by atoms with van der Waals surface area (Å²) in [7, 11) is 1.31. The molecule has 0 amide bonds. The summed E-state index contributed by atoms with van der Waals surface area (Å²) < 4.78 is 4.71. The molecule has 5 heteroatoms. The Morgan fingerprint density at radius 1 is 1.30 bits per heavy atom. The SMILES string of the molecule is COC(=O)c1nc(C2CCC(C)(C)CC2)sc1C(C)=O. The van der Waals surface area contributed by atoms with Gasteiger partial charge in [-0.2, -0.15) is 0 Å². The molecule has 20 heavy (non-hydrogen) atoms. The Labute approximate surface area is 123 Å². The number of carbonyl (C=O) groups is 2. The molecule has 0 unspecified atom stereocenters. The Kier molecular flexibility index (Phi) is 4.28. The van der Waals surface area contributed by atoms with Crippen LogP contribution in [0.2, 0.25) is 0 Å². The summed E-state index contributed by atoms with van der Waals surface area (Å²) >= 11 is 1.36. The number of thiazole rings is 1. The van der Waals surface area contributed by atoms with Gasteiger partial charge >= 0.3 is 5.97 Å². The minimum atomic E-state index is -0.520. The van der Waals surface area contributed by atoms with Gasteiger partial charge in [0.15, 0.2) is 11.5 Å². The number of Topliss-reactive ketones (excluding diaryl/α,β-unsaturated/α-hetero) is 1. The normalized spacial score (nSPS) is 18.8. The maximum absolute atomic E-state index is 11.7. The van der Waals surface area contributed by atoms with Gasteiger partial charge in [0.05, 0.1) is 12.1 Å². The van der Waals surface area contributed by atoms with E-state index in [4.69, 9.17) is 4.74 Å². The zero-order chi connectivity index (χ0) is 14.9. The smallest absolute Gasteiger partial charge is 0.358 e. The fourth-order valence-corrected chi connectivity index (χ4v) is 3.75. The van der Waals surface area contributed by atoms with E-state index in [1.165, 1.54) is 25.4 Å². The van der Waals surface area contributed by atoms with Gasteiger partial charge in [0.1, 0.15) is 4.88 Å². The molecule has 0 bridgehead atoms. The van der Waals surface area contributed by atoms with Crippen molar-refractivity contribution >= 4 is 23.1 Å². The molecular formula is C15H21NO3S. The number of hydrogen-bond acceptors (Lipinski definition) is 5. The van der Waals surface area contributed by atoms with Crippen LogP contribution in [0.4, 0.5) is 0 Å². The first-order valence-corrected chi connectivity index (χ1v) is 7.75. The highest BCUT2D eigenvalue weighted by Gasteiger charge is 2.31. The van der Waals surface area contributed by atoms with Gasteiger partial charge in [-0.25, -0.2) is 9.78 Å². The van der Waals surface area contributed by atoms with E-state index in [1.807, 2.05) is 0 Å². The molecule has 0 spiro atoms. The Hall–Kier alpha value is -1.23. The maximum atomic E-state index is 11.7. The van der Waals surface area contributed by atoms with E-state index in [1.54, 1.807) is 0 Å². The van der Waals surface area contributed by atoms with Crippen molar-refractivity contribution in [2.24, 2.45) is 5.41 Å². The molecule has 1 aromatic rings. The van der Waals surface area contributed by atoms with Crippen molar-refractivity contribution in [1.82, 2.24) is 4.98 Å². The number of esters is 1. The van der Waals surface area contributed by atoms with Gasteiger partial charge in [-0.1, -0.05) is 13.8 Å². The largest absolute Gasteiger partial charge is 0.464 e. The monoisotopic (exact) mass is 295 g/mol. The molecule has 4 nitrogen and oxygen atoms in total. The highest BCUT2D eigenvalue weighted by molar-refractivity contribution is 7.14. The molecule has 110 valence electrons. The summed E-state index contributed by atoms with van der Waals surface area (Å²) in [5.74, 6) is -0.274. The molecule has 1 aliphatic carbocycles. The van der Waals surface area contributed by atoms with E-state index in [0.29, 0.717) is 16.2 Å². The van der Waals surface area contributed by atoms with Crippen molar-refractivity contribution in [2.45, 2.75) is 52.4 Å². The fraction of sp³-hybridized carbons (Fsp3) is 0.667. The molecule has 0 N–H and O–H groups in total. The molecule has 1 saturated carbocycles. The number of nitrogens with zero attached hydrogens (tertiary/aromatic N) is 1. The lowest BCUT2D eigenvalue weighted by Gasteiger charge is -2.33. The third-order valence-electron chi connectivity index (χ3n) is 4.03. The zero-order valence-electron chi connectivity index (χ0n) is 12.5. The summed E-state index contributed by atoms with van der Waals surface area (Å²) in [5, 5.41) is 0.908. The van der Waals surface area contributed by atoms with Crippen LogP contribution in [0.25, 0.3) is 0 Å². The van der Waals surface area contributed by atoms with Gasteiger partial charge in [0.25, 0.3) is 0 Å². The Morgan fingerprint density at radius 2 is 1.90 bits per heavy atom. The van der Waals surface area contributed by atoms with Crippen LogP contribution in [-0.2, 0) is 4.74 Å². The van der Waals surface area contributed by atoms with Crippen molar-refractivity contribution in [1.29, 1.82) is 0 Å². The lowest BCUT2D eigenvalue weighted by molar-refractivity contribution is 0.0591. The average Bonchev–Trinajstić information content (AvgIpc) is 2.83. The summed E-state index contributed by atoms with van der Waals surface area (Å²) in [6.45, 7) is 6.03. The van der Waals surface area contributed by atoms with Crippen LogP contribution in [0.3, 0.4) is 0 Å². The Balaban J connectivity index is 2.25. The minimum absolute atomic E-state index is 0.120. The van der Waals surface area contributed by atoms with Crippen molar-refractivity contribution in [3.8, 4) is 0 Å². The van der Waals surface area contributed by atoms with E-state index < -0.39 is 5.97 Å². The fourth-order valence-electron chi connectivity index (χ4n) is 2.63. The summed E-state index contributed by atoms with van der Waals surface area (Å²) in [5.41, 5.74) is 0.576. The molecule has 0 aliphatic heterocycles. The Bertz CT molecular complexity index is 523. The van der Waals surface area contributed by atoms with Crippen LogP contribution < -0.4 is 0 Å². The van der Waals surface area contributed by atoms with Crippen LogP contribution in [0.5, 0.6) is 0 Å². The summed E-state index contributed by atoms with van der Waals surface area (Å²) in [4.78, 5) is 28.2. The van der Waals surface area contributed by atoms with Crippen molar-refractivity contribution < 1.29 is 14.3 Å². The number of methoxy groups -OCH3 is 1. The third-order valence-corrected chi connectivity index (χ3v) is 5.35. The standard InChI is InChI=1S/C15H21NO3S/c1-9(17)12-11(14(18)19-4)16-13(20-12)10-5-7-15(2,3)8-6-10/h10H,5-8H2,1-4H3. The molecule has 2 rings (SSSR count). The Morgan fingerprint density at radius 3 is 2.40 bits per heavy atom. The lowest BCUT2D eigenvalue weighted by atomic mass is 9.73. The number of hydrogen-bond donors (Lipinski definition) is 0. The third kappa shape index (κ3) is 3.08. The van der Waals surface area contributed by atoms with Gasteiger partial charge in [-0.15, -0.1) is 11.3 Å². The molecule has 0 saturated heterocycles. The predicted octanol–water partition coefficient (Wildman–Crippen LogP) is 3.82. The number of ketones is 1. The van der Waals surface area contributed by atoms with Crippen molar-refractivity contribution in [3.63, 3.8) is 0 Å². The van der Waals surface area contributed by atoms with Crippen LogP contribution >= 0.6 is 11.3 Å². The molecule has 0 radical (unpaired) electrons. The summed E-state index contributed by atoms with van der Waals surface area (Å²) in [6.07, 6.45) is 4.44. The number of ether oxygens (including phenoxy) is 1. The average molecular weight is 295 g/mol. The lowest BCUT2D eigenvalue weighted by Crippen LogP contribution is -2.20. The molecule has 1 aromatic heterocycles. The van der Waals surface area contributed by atoms with E-state index in [9.17, 15) is 9.59 Å². The molecule has 1 heterocycles. The van der Waals surface area contributed by atoms with Crippen molar-refractivity contribution in [2.75, 3.05) is 7.11 Å². The number of carbonyl (C=O) groups excluding carboxylic acids is 2. The highest BCUT2D eigenvalue weighted by atomic mass is 32.1. The summed E-state index contributed by atoms with van der Waals surface area (Å²) in [6, 6.07) is 0. The second-order valence-corrected chi connectivity index (χ2v) is 7.25. The second-order valence-electron chi connectivity index (χ2n) is 6.22. The number of rotatable bonds is 3. The number of aromatic nitrogens is 1. The van der Waals surface area contributed by atoms with Crippen molar-refractivity contribution in [3.05, 3.63) is 15.6 Å². The highest BCUT2D eigenvalue weighted by Crippen LogP contribution is 2.43. The first-order chi connectivity index (χ1) is 9.34. The molecule has 0 aromatic carbocycles. The van der Waals surface area contributed by atoms with E-state index in [2.05, 4.69) is 18.8 Å². The van der Waals surface area contributed by atoms with E-state index in [0.717, 1.165) is 30.7 Å². The minimum Gasteiger partial charge on any atom is -0.464 e. The second kappa shape index (κ2) is 5.64. The van der Waals surface area contributed by atoms with Gasteiger partial charge in [-0.3, -0.25) is 4.79 Å². The molecular weight excluding hydrogens is 274 g/mol. The molecule has 1 fully saturated rings. The van der Waals surface area contributed by atoms with E-state index >= 15 is 0 Å². The van der Waals surface area contributed by atoms with Gasteiger partial charge < -0.3 is 4.74 Å². The van der Waals surface area contributed by atoms with Gasteiger partial charge in [0, 0.05) is 12.8 Å². The first kappa shape index (κ1) is 15.2. The van der Waals surface area contributed by atoms with Crippen LogP contribution in [0.1, 0.15) is 77.5 Å². The van der Waals surface area contributed by atoms with Gasteiger partial charge in [-0.05, 0) is 31.1 Å². The van der Waals surface area contributed by atoms with Crippen LogP contribution in [0.15, 0.2) is 0 Å². The quantitative estimate of drug-likeness (QED) is 0.628. The van der Waals surface area contributed by atoms with E-state index in [-0.39, 0.29) is 11.5 Å². The van der Waals surface area contributed by atoms with Crippen LogP contribution in [0, 0.1) is 5.41 Å². The first-order valence-electron chi connectivity index (χ1n) is 6.94. The zero-order valence-corrected chi connectivity index (χ0v) is 13.3. The molecule has 1 aliphatic rings. The predicted molar refractivity (Wildman–Crippen MR) is 78.4 cm³/mol. The molecule has 0 atom stereocenters. The van der Waals surface area contributed by atoms with Gasteiger partial charge in [0.2, 0.25) is 0 Å². The maximum Gasteiger partial charge on any atom is 0.358 e. The topological polar surface area (TPSA) is 56.3 Å².